The topological polar surface area (TPSA) is 69.6 Å². The van der Waals surface area contributed by atoms with Gasteiger partial charge in [-0.05, 0) is 45.2 Å². The SMILES string of the molecule is O=C(O)CC1(NC(=O)CCN2CCCC2)CCC1. The second-order valence-electron chi connectivity index (χ2n) is 5.55. The molecule has 0 unspecified atom stereocenters. The highest BCUT2D eigenvalue weighted by atomic mass is 16.4. The number of hydrogen-bond donors (Lipinski definition) is 2. The minimum atomic E-state index is -0.824. The molecule has 2 rings (SSSR count). The third-order valence-corrected chi connectivity index (χ3v) is 4.06. The number of amides is 1. The summed E-state index contributed by atoms with van der Waals surface area (Å²) in [5, 5.41) is 11.8. The molecule has 1 heterocycles. The Labute approximate surface area is 108 Å². The molecule has 1 aliphatic carbocycles. The maximum atomic E-state index is 11.9. The molecule has 18 heavy (non-hydrogen) atoms. The molecule has 0 bridgehead atoms. The van der Waals surface area contributed by atoms with Gasteiger partial charge in [0.1, 0.15) is 0 Å². The smallest absolute Gasteiger partial charge is 0.305 e. The van der Waals surface area contributed by atoms with Gasteiger partial charge in [-0.2, -0.15) is 0 Å². The van der Waals surface area contributed by atoms with Crippen molar-refractivity contribution in [3.63, 3.8) is 0 Å². The second-order valence-corrected chi connectivity index (χ2v) is 5.55. The minimum Gasteiger partial charge on any atom is -0.481 e. The number of nitrogens with zero attached hydrogens (tertiary/aromatic N) is 1. The van der Waals surface area contributed by atoms with Gasteiger partial charge in [-0.25, -0.2) is 0 Å². The first-order chi connectivity index (χ1) is 8.60. The van der Waals surface area contributed by atoms with E-state index in [1.165, 1.54) is 12.8 Å². The fourth-order valence-electron chi connectivity index (χ4n) is 2.86. The highest BCUT2D eigenvalue weighted by molar-refractivity contribution is 5.78. The van der Waals surface area contributed by atoms with E-state index in [1.54, 1.807) is 0 Å². The molecular formula is C13H22N2O3. The van der Waals surface area contributed by atoms with Crippen molar-refractivity contribution in [2.45, 2.75) is 50.5 Å². The molecule has 2 fully saturated rings. The number of carboxylic acids is 1. The Kier molecular flexibility index (Phi) is 4.22. The lowest BCUT2D eigenvalue weighted by Crippen LogP contribution is -2.55. The molecule has 0 aromatic rings. The standard InChI is InChI=1S/C13H22N2O3/c16-11(4-9-15-7-1-2-8-15)14-13(5-3-6-13)10-12(17)18/h1-10H2,(H,14,16)(H,17,18). The number of carbonyl (C=O) groups excluding carboxylic acids is 1. The van der Waals surface area contributed by atoms with Crippen LogP contribution >= 0.6 is 0 Å². The molecule has 1 saturated carbocycles. The van der Waals surface area contributed by atoms with Gasteiger partial charge in [0, 0.05) is 13.0 Å². The zero-order valence-electron chi connectivity index (χ0n) is 10.8. The molecule has 0 radical (unpaired) electrons. The normalized spacial score (nSPS) is 22.4. The first-order valence-electron chi connectivity index (χ1n) is 6.85. The van der Waals surface area contributed by atoms with Gasteiger partial charge in [-0.1, -0.05) is 0 Å². The van der Waals surface area contributed by atoms with Crippen molar-refractivity contribution in [3.8, 4) is 0 Å². The molecule has 102 valence electrons. The Morgan fingerprint density at radius 1 is 1.17 bits per heavy atom. The van der Waals surface area contributed by atoms with Crippen molar-refractivity contribution in [1.29, 1.82) is 0 Å². The van der Waals surface area contributed by atoms with Gasteiger partial charge in [0.2, 0.25) is 5.91 Å². The largest absolute Gasteiger partial charge is 0.481 e. The Morgan fingerprint density at radius 2 is 1.83 bits per heavy atom. The number of nitrogens with one attached hydrogen (secondary N) is 1. The molecule has 0 spiro atoms. The Balaban J connectivity index is 1.73. The van der Waals surface area contributed by atoms with Crippen LogP contribution in [0.2, 0.25) is 0 Å². The van der Waals surface area contributed by atoms with Gasteiger partial charge in [-0.3, -0.25) is 9.59 Å². The monoisotopic (exact) mass is 254 g/mol. The second kappa shape index (κ2) is 5.69. The molecule has 1 saturated heterocycles. The van der Waals surface area contributed by atoms with E-state index in [0.717, 1.165) is 38.9 Å². The molecular weight excluding hydrogens is 232 g/mol. The number of carboxylic acid groups (broad SMARTS) is 1. The molecule has 0 aromatic heterocycles. The van der Waals surface area contributed by atoms with E-state index >= 15 is 0 Å². The van der Waals surface area contributed by atoms with Crippen molar-refractivity contribution < 1.29 is 14.7 Å². The van der Waals surface area contributed by atoms with Gasteiger partial charge in [0.25, 0.3) is 0 Å². The van der Waals surface area contributed by atoms with Gasteiger partial charge in [-0.15, -0.1) is 0 Å². The van der Waals surface area contributed by atoms with E-state index in [-0.39, 0.29) is 12.3 Å². The van der Waals surface area contributed by atoms with Crippen molar-refractivity contribution >= 4 is 11.9 Å². The summed E-state index contributed by atoms with van der Waals surface area (Å²) < 4.78 is 0. The summed E-state index contributed by atoms with van der Waals surface area (Å²) in [6, 6.07) is 0. The van der Waals surface area contributed by atoms with Crippen LogP contribution in [-0.4, -0.2) is 47.1 Å². The molecule has 1 aliphatic heterocycles. The Morgan fingerprint density at radius 3 is 2.33 bits per heavy atom. The molecule has 0 aromatic carbocycles. The van der Waals surface area contributed by atoms with Crippen molar-refractivity contribution in [2.75, 3.05) is 19.6 Å². The van der Waals surface area contributed by atoms with Crippen LogP contribution in [0, 0.1) is 0 Å². The molecule has 1 amide bonds. The van der Waals surface area contributed by atoms with Gasteiger partial charge >= 0.3 is 5.97 Å². The highest BCUT2D eigenvalue weighted by Gasteiger charge is 2.40. The van der Waals surface area contributed by atoms with Crippen LogP contribution in [0.4, 0.5) is 0 Å². The van der Waals surface area contributed by atoms with Crippen molar-refractivity contribution in [3.05, 3.63) is 0 Å². The minimum absolute atomic E-state index is 0.00264. The zero-order chi connectivity index (χ0) is 13.0. The van der Waals surface area contributed by atoms with E-state index < -0.39 is 11.5 Å². The molecule has 0 atom stereocenters. The summed E-state index contributed by atoms with van der Waals surface area (Å²) in [6.07, 6.45) is 5.61. The summed E-state index contributed by atoms with van der Waals surface area (Å²) in [6.45, 7) is 2.98. The number of carbonyl (C=O) groups is 2. The first-order valence-corrected chi connectivity index (χ1v) is 6.85. The van der Waals surface area contributed by atoms with E-state index in [4.69, 9.17) is 5.11 Å². The zero-order valence-corrected chi connectivity index (χ0v) is 10.8. The lowest BCUT2D eigenvalue weighted by atomic mass is 9.74. The van der Waals surface area contributed by atoms with Crippen LogP contribution in [0.15, 0.2) is 0 Å². The number of likely N-dealkylation sites (tertiary alicyclic amines) is 1. The maximum Gasteiger partial charge on any atom is 0.305 e. The van der Waals surface area contributed by atoms with Gasteiger partial charge in [0.05, 0.1) is 12.0 Å². The predicted octanol–water partition coefficient (Wildman–Crippen LogP) is 0.986. The summed E-state index contributed by atoms with van der Waals surface area (Å²) in [7, 11) is 0. The van der Waals surface area contributed by atoms with Crippen molar-refractivity contribution in [1.82, 2.24) is 10.2 Å². The highest BCUT2D eigenvalue weighted by Crippen LogP contribution is 2.34. The number of hydrogen-bond acceptors (Lipinski definition) is 3. The summed E-state index contributed by atoms with van der Waals surface area (Å²) in [4.78, 5) is 25.0. The molecule has 2 N–H and O–H groups in total. The quantitative estimate of drug-likeness (QED) is 0.741. The fourth-order valence-corrected chi connectivity index (χ4v) is 2.86. The van der Waals surface area contributed by atoms with E-state index in [2.05, 4.69) is 10.2 Å². The van der Waals surface area contributed by atoms with Crippen LogP contribution in [0.1, 0.15) is 44.9 Å². The fraction of sp³-hybridized carbons (Fsp3) is 0.846. The predicted molar refractivity (Wildman–Crippen MR) is 67.3 cm³/mol. The number of rotatable bonds is 6. The van der Waals surface area contributed by atoms with Crippen LogP contribution in [0.3, 0.4) is 0 Å². The van der Waals surface area contributed by atoms with Gasteiger partial charge < -0.3 is 15.3 Å². The third kappa shape index (κ3) is 3.45. The van der Waals surface area contributed by atoms with E-state index in [0.29, 0.717) is 6.42 Å². The third-order valence-electron chi connectivity index (χ3n) is 4.06. The van der Waals surface area contributed by atoms with Crippen molar-refractivity contribution in [2.24, 2.45) is 0 Å². The van der Waals surface area contributed by atoms with Crippen LogP contribution in [0.5, 0.6) is 0 Å². The average molecular weight is 254 g/mol. The lowest BCUT2D eigenvalue weighted by Gasteiger charge is -2.41. The average Bonchev–Trinajstić information content (AvgIpc) is 2.75. The van der Waals surface area contributed by atoms with Crippen LogP contribution < -0.4 is 5.32 Å². The summed E-state index contributed by atoms with van der Waals surface area (Å²) in [5.74, 6) is -0.822. The van der Waals surface area contributed by atoms with Crippen LogP contribution in [-0.2, 0) is 9.59 Å². The number of aliphatic carboxylic acids is 1. The molecule has 2 aliphatic rings. The summed E-state index contributed by atoms with van der Waals surface area (Å²) >= 11 is 0. The molecule has 5 nitrogen and oxygen atoms in total. The van der Waals surface area contributed by atoms with E-state index in [1.807, 2.05) is 0 Å². The first kappa shape index (κ1) is 13.3. The van der Waals surface area contributed by atoms with E-state index in [9.17, 15) is 9.59 Å². The molecule has 5 heteroatoms. The van der Waals surface area contributed by atoms with Crippen LogP contribution in [0.25, 0.3) is 0 Å². The Bertz CT molecular complexity index is 320. The lowest BCUT2D eigenvalue weighted by molar-refractivity contribution is -0.140. The van der Waals surface area contributed by atoms with Gasteiger partial charge in [0.15, 0.2) is 0 Å². The summed E-state index contributed by atoms with van der Waals surface area (Å²) in [5.41, 5.74) is -0.450. The Hall–Kier alpha value is -1.10. The maximum absolute atomic E-state index is 11.9.